The van der Waals surface area contributed by atoms with Crippen molar-refractivity contribution < 1.29 is 54.1 Å². The zero-order chi connectivity index (χ0) is 28.1. The van der Waals surface area contributed by atoms with E-state index in [9.17, 15) is 39.6 Å². The minimum atomic E-state index is -5.20. The van der Waals surface area contributed by atoms with Gasteiger partial charge in [0.15, 0.2) is 0 Å². The van der Waals surface area contributed by atoms with Crippen molar-refractivity contribution in [3.8, 4) is 11.5 Å². The van der Waals surface area contributed by atoms with Crippen molar-refractivity contribution in [2.24, 2.45) is 0 Å². The molecule has 2 N–H and O–H groups in total. The molecule has 0 aliphatic heterocycles. The Morgan fingerprint density at radius 3 is 1.92 bits per heavy atom. The summed E-state index contributed by atoms with van der Waals surface area (Å²) in [4.78, 5) is 9.72. The standard InChI is InChI=1S/C24H19F6NO6S/c25-23(26,27)16-12-17(24(28,29)30)14-20(13-16)38(34,35)31-18-5-7-19(8-6-18)36-9-10-37-21-4-2-1-3-15(21)11-22(32)33/h1-8,12-14,31H,9-11H2,(H,32,33). The summed E-state index contributed by atoms with van der Waals surface area (Å²) in [6.45, 7) is 0.0685. The van der Waals surface area contributed by atoms with Gasteiger partial charge in [-0.05, 0) is 48.5 Å². The van der Waals surface area contributed by atoms with Crippen molar-refractivity contribution in [2.75, 3.05) is 17.9 Å². The summed E-state index contributed by atoms with van der Waals surface area (Å²) in [6, 6.07) is 11.7. The van der Waals surface area contributed by atoms with Gasteiger partial charge in [-0.1, -0.05) is 18.2 Å². The van der Waals surface area contributed by atoms with Gasteiger partial charge in [-0.25, -0.2) is 8.42 Å². The van der Waals surface area contributed by atoms with Crippen LogP contribution in [0.25, 0.3) is 0 Å². The van der Waals surface area contributed by atoms with Crippen molar-refractivity contribution in [2.45, 2.75) is 23.7 Å². The first kappa shape index (κ1) is 28.6. The summed E-state index contributed by atoms with van der Waals surface area (Å²) < 4.78 is 116. The Kier molecular flexibility index (Phi) is 8.44. The molecule has 7 nitrogen and oxygen atoms in total. The third-order valence-corrected chi connectivity index (χ3v) is 6.26. The second-order valence-corrected chi connectivity index (χ2v) is 9.43. The average Bonchev–Trinajstić information content (AvgIpc) is 2.82. The molecule has 0 unspecified atom stereocenters. The minimum Gasteiger partial charge on any atom is -0.490 e. The predicted molar refractivity (Wildman–Crippen MR) is 122 cm³/mol. The number of sulfonamides is 1. The van der Waals surface area contributed by atoms with Gasteiger partial charge in [0.05, 0.1) is 22.4 Å². The van der Waals surface area contributed by atoms with Gasteiger partial charge in [0.25, 0.3) is 10.0 Å². The normalized spacial score (nSPS) is 12.2. The summed E-state index contributed by atoms with van der Waals surface area (Å²) >= 11 is 0. The third-order valence-electron chi connectivity index (χ3n) is 4.90. The number of aliphatic carboxylic acids is 1. The topological polar surface area (TPSA) is 102 Å². The van der Waals surface area contributed by atoms with Crippen LogP contribution in [0.5, 0.6) is 11.5 Å². The number of alkyl halides is 6. The molecule has 0 atom stereocenters. The Balaban J connectivity index is 1.65. The van der Waals surface area contributed by atoms with E-state index >= 15 is 0 Å². The summed E-state index contributed by atoms with van der Waals surface area (Å²) in [5.41, 5.74) is -3.18. The van der Waals surface area contributed by atoms with Gasteiger partial charge in [0.2, 0.25) is 0 Å². The molecule has 0 bridgehead atoms. The van der Waals surface area contributed by atoms with E-state index in [1.54, 1.807) is 24.3 Å². The highest BCUT2D eigenvalue weighted by atomic mass is 32.2. The second kappa shape index (κ2) is 11.2. The summed E-state index contributed by atoms with van der Waals surface area (Å²) in [6.07, 6.45) is -10.6. The zero-order valence-electron chi connectivity index (χ0n) is 19.1. The average molecular weight is 563 g/mol. The number of hydrogen-bond acceptors (Lipinski definition) is 5. The van der Waals surface area contributed by atoms with Crippen molar-refractivity contribution >= 4 is 21.7 Å². The molecule has 0 heterocycles. The van der Waals surface area contributed by atoms with Crippen LogP contribution in [0.1, 0.15) is 16.7 Å². The second-order valence-electron chi connectivity index (χ2n) is 7.75. The lowest BCUT2D eigenvalue weighted by Gasteiger charge is -2.15. The van der Waals surface area contributed by atoms with Crippen LogP contribution >= 0.6 is 0 Å². The number of ether oxygens (including phenoxy) is 2. The lowest BCUT2D eigenvalue weighted by Crippen LogP contribution is -2.17. The fraction of sp³-hybridized carbons (Fsp3) is 0.208. The van der Waals surface area contributed by atoms with E-state index in [1.165, 1.54) is 24.3 Å². The Bertz CT molecular complexity index is 1360. The maximum Gasteiger partial charge on any atom is 0.416 e. The van der Waals surface area contributed by atoms with Crippen molar-refractivity contribution in [1.29, 1.82) is 0 Å². The first-order chi connectivity index (χ1) is 17.6. The van der Waals surface area contributed by atoms with Crippen LogP contribution in [0.15, 0.2) is 71.6 Å². The molecule has 14 heteroatoms. The number of halogens is 6. The number of rotatable bonds is 10. The molecule has 0 aliphatic rings. The van der Waals surface area contributed by atoms with Gasteiger partial charge in [0, 0.05) is 11.3 Å². The van der Waals surface area contributed by atoms with Crippen molar-refractivity contribution in [3.63, 3.8) is 0 Å². The maximum atomic E-state index is 13.1. The molecule has 0 saturated heterocycles. The first-order valence-electron chi connectivity index (χ1n) is 10.6. The highest BCUT2D eigenvalue weighted by Crippen LogP contribution is 2.37. The summed E-state index contributed by atoms with van der Waals surface area (Å²) in [7, 11) is -4.81. The molecule has 0 radical (unpaired) electrons. The fourth-order valence-electron chi connectivity index (χ4n) is 3.18. The number of hydrogen-bond donors (Lipinski definition) is 2. The van der Waals surface area contributed by atoms with Crippen LogP contribution in [0.3, 0.4) is 0 Å². The minimum absolute atomic E-state index is 0.0247. The Morgan fingerprint density at radius 2 is 1.37 bits per heavy atom. The Labute approximate surface area is 212 Å². The quantitative estimate of drug-likeness (QED) is 0.246. The molecule has 0 amide bonds. The highest BCUT2D eigenvalue weighted by molar-refractivity contribution is 7.92. The van der Waals surface area contributed by atoms with Gasteiger partial charge >= 0.3 is 18.3 Å². The molecule has 3 rings (SSSR count). The number of benzene rings is 3. The van der Waals surface area contributed by atoms with E-state index in [2.05, 4.69) is 0 Å². The Hall–Kier alpha value is -3.94. The van der Waals surface area contributed by atoms with Gasteiger partial charge in [-0.3, -0.25) is 9.52 Å². The lowest BCUT2D eigenvalue weighted by molar-refractivity contribution is -0.143. The highest BCUT2D eigenvalue weighted by Gasteiger charge is 2.38. The molecule has 38 heavy (non-hydrogen) atoms. The molecule has 0 saturated carbocycles. The van der Waals surface area contributed by atoms with E-state index in [0.717, 1.165) is 0 Å². The van der Waals surface area contributed by atoms with E-state index in [-0.39, 0.29) is 49.3 Å². The number of nitrogens with one attached hydrogen (secondary N) is 1. The number of carbonyl (C=O) groups is 1. The van der Waals surface area contributed by atoms with Crippen LogP contribution in [0.2, 0.25) is 0 Å². The molecule has 3 aromatic rings. The van der Waals surface area contributed by atoms with Crippen LogP contribution in [-0.4, -0.2) is 32.7 Å². The first-order valence-corrected chi connectivity index (χ1v) is 12.1. The van der Waals surface area contributed by atoms with Crippen molar-refractivity contribution in [3.05, 3.63) is 83.4 Å². The van der Waals surface area contributed by atoms with E-state index < -0.39 is 44.4 Å². The number of carboxylic acid groups (broad SMARTS) is 1. The number of anilines is 1. The van der Waals surface area contributed by atoms with Crippen LogP contribution in [-0.2, 0) is 33.6 Å². The number of carboxylic acids is 1. The van der Waals surface area contributed by atoms with Gasteiger partial charge in [0.1, 0.15) is 24.7 Å². The maximum absolute atomic E-state index is 13.1. The molecule has 204 valence electrons. The van der Waals surface area contributed by atoms with Gasteiger partial charge < -0.3 is 14.6 Å². The Morgan fingerprint density at radius 1 is 0.816 bits per heavy atom. The molecular weight excluding hydrogens is 544 g/mol. The van der Waals surface area contributed by atoms with E-state index in [4.69, 9.17) is 14.6 Å². The van der Waals surface area contributed by atoms with Crippen LogP contribution in [0, 0.1) is 0 Å². The summed E-state index contributed by atoms with van der Waals surface area (Å²) in [5, 5.41) is 8.94. The third kappa shape index (κ3) is 7.78. The predicted octanol–water partition coefficient (Wildman–Crippen LogP) is 5.61. The molecule has 0 fully saturated rings. The fourth-order valence-corrected chi connectivity index (χ4v) is 4.31. The zero-order valence-corrected chi connectivity index (χ0v) is 20.0. The van der Waals surface area contributed by atoms with Crippen LogP contribution in [0.4, 0.5) is 32.0 Å². The van der Waals surface area contributed by atoms with Crippen LogP contribution < -0.4 is 14.2 Å². The number of para-hydroxylation sites is 1. The molecule has 0 aromatic heterocycles. The van der Waals surface area contributed by atoms with Gasteiger partial charge in [-0.2, -0.15) is 26.3 Å². The van der Waals surface area contributed by atoms with Crippen molar-refractivity contribution in [1.82, 2.24) is 0 Å². The van der Waals surface area contributed by atoms with E-state index in [0.29, 0.717) is 11.3 Å². The molecule has 0 aliphatic carbocycles. The SMILES string of the molecule is O=C(O)Cc1ccccc1OCCOc1ccc(NS(=O)(=O)c2cc(C(F)(F)F)cc(C(F)(F)F)c2)cc1. The molecule has 0 spiro atoms. The summed E-state index contributed by atoms with van der Waals surface area (Å²) in [5.74, 6) is -0.401. The largest absolute Gasteiger partial charge is 0.490 e. The smallest absolute Gasteiger partial charge is 0.416 e. The van der Waals surface area contributed by atoms with E-state index in [1.807, 2.05) is 4.72 Å². The monoisotopic (exact) mass is 563 g/mol. The lowest BCUT2D eigenvalue weighted by atomic mass is 10.1. The van der Waals surface area contributed by atoms with Gasteiger partial charge in [-0.15, -0.1) is 0 Å². The molecular formula is C24H19F6NO6S. The molecule has 3 aromatic carbocycles.